The SMILES string of the molecule is Clc1ccc(CNCC2CCCCC2)s1. The molecular weight excluding hydrogens is 226 g/mol. The van der Waals surface area contributed by atoms with Crippen LogP contribution in [-0.4, -0.2) is 6.54 Å². The first-order chi connectivity index (χ1) is 7.34. The average Bonchev–Trinajstić information content (AvgIpc) is 2.66. The van der Waals surface area contributed by atoms with Crippen LogP contribution in [0.4, 0.5) is 0 Å². The van der Waals surface area contributed by atoms with Gasteiger partial charge in [-0.1, -0.05) is 30.9 Å². The van der Waals surface area contributed by atoms with Crippen molar-refractivity contribution in [2.24, 2.45) is 5.92 Å². The van der Waals surface area contributed by atoms with E-state index in [1.807, 2.05) is 6.07 Å². The zero-order valence-electron chi connectivity index (χ0n) is 8.97. The summed E-state index contributed by atoms with van der Waals surface area (Å²) in [5.41, 5.74) is 0. The molecule has 3 heteroatoms. The quantitative estimate of drug-likeness (QED) is 0.841. The van der Waals surface area contributed by atoms with Gasteiger partial charge in [-0.15, -0.1) is 11.3 Å². The summed E-state index contributed by atoms with van der Waals surface area (Å²) in [5.74, 6) is 0.911. The fourth-order valence-corrected chi connectivity index (χ4v) is 3.29. The molecule has 0 amide bonds. The van der Waals surface area contributed by atoms with Crippen LogP contribution in [0.1, 0.15) is 37.0 Å². The molecule has 0 aliphatic heterocycles. The Morgan fingerprint density at radius 1 is 1.27 bits per heavy atom. The summed E-state index contributed by atoms with van der Waals surface area (Å²) < 4.78 is 0.893. The summed E-state index contributed by atoms with van der Waals surface area (Å²) in [7, 11) is 0. The van der Waals surface area contributed by atoms with Crippen molar-refractivity contribution in [3.8, 4) is 0 Å². The molecule has 0 spiro atoms. The third-order valence-corrected chi connectivity index (χ3v) is 4.32. The van der Waals surface area contributed by atoms with Gasteiger partial charge >= 0.3 is 0 Å². The van der Waals surface area contributed by atoms with Crippen molar-refractivity contribution in [3.05, 3.63) is 21.3 Å². The summed E-state index contributed by atoms with van der Waals surface area (Å²) >= 11 is 7.56. The maximum Gasteiger partial charge on any atom is 0.0931 e. The van der Waals surface area contributed by atoms with E-state index in [1.54, 1.807) is 11.3 Å². The first kappa shape index (κ1) is 11.4. The van der Waals surface area contributed by atoms with Crippen LogP contribution in [-0.2, 0) is 6.54 Å². The minimum Gasteiger partial charge on any atom is -0.312 e. The molecule has 15 heavy (non-hydrogen) atoms. The highest BCUT2D eigenvalue weighted by molar-refractivity contribution is 7.16. The Morgan fingerprint density at radius 2 is 2.07 bits per heavy atom. The predicted octanol–water partition coefficient (Wildman–Crippen LogP) is 4.07. The van der Waals surface area contributed by atoms with Crippen molar-refractivity contribution in [2.75, 3.05) is 6.54 Å². The van der Waals surface area contributed by atoms with Crippen LogP contribution in [0.3, 0.4) is 0 Å². The highest BCUT2D eigenvalue weighted by atomic mass is 35.5. The molecule has 1 aliphatic rings. The number of hydrogen-bond acceptors (Lipinski definition) is 2. The molecule has 1 aromatic heterocycles. The minimum absolute atomic E-state index is 0.893. The monoisotopic (exact) mass is 243 g/mol. The summed E-state index contributed by atoms with van der Waals surface area (Å²) in [4.78, 5) is 1.34. The fraction of sp³-hybridized carbons (Fsp3) is 0.667. The standard InChI is InChI=1S/C12H18ClNS/c13-12-7-6-11(15-12)9-14-8-10-4-2-1-3-5-10/h6-7,10,14H,1-5,8-9H2. The van der Waals surface area contributed by atoms with Gasteiger partial charge in [0.25, 0.3) is 0 Å². The van der Waals surface area contributed by atoms with Crippen LogP contribution in [0.5, 0.6) is 0 Å². The molecule has 1 aromatic rings. The summed E-state index contributed by atoms with van der Waals surface area (Å²) in [6.07, 6.45) is 7.13. The van der Waals surface area contributed by atoms with Gasteiger partial charge in [-0.3, -0.25) is 0 Å². The van der Waals surface area contributed by atoms with Crippen molar-refractivity contribution >= 4 is 22.9 Å². The zero-order valence-corrected chi connectivity index (χ0v) is 10.5. The summed E-state index contributed by atoms with van der Waals surface area (Å²) in [6, 6.07) is 4.09. The second-order valence-electron chi connectivity index (χ2n) is 4.34. The molecule has 1 aliphatic carbocycles. The number of thiophene rings is 1. The van der Waals surface area contributed by atoms with Gasteiger partial charge in [-0.05, 0) is 37.4 Å². The average molecular weight is 244 g/mol. The van der Waals surface area contributed by atoms with E-state index in [-0.39, 0.29) is 0 Å². The number of rotatable bonds is 4. The molecular formula is C12H18ClNS. The molecule has 0 aromatic carbocycles. The van der Waals surface area contributed by atoms with Gasteiger partial charge in [-0.25, -0.2) is 0 Å². The first-order valence-electron chi connectivity index (χ1n) is 5.79. The third-order valence-electron chi connectivity index (χ3n) is 3.09. The lowest BCUT2D eigenvalue weighted by molar-refractivity contribution is 0.342. The third kappa shape index (κ3) is 3.78. The molecule has 0 unspecified atom stereocenters. The number of nitrogens with one attached hydrogen (secondary N) is 1. The first-order valence-corrected chi connectivity index (χ1v) is 6.99. The summed E-state index contributed by atoms with van der Waals surface area (Å²) in [6.45, 7) is 2.16. The molecule has 1 heterocycles. The molecule has 1 saturated carbocycles. The Labute approximate surface area is 101 Å². The van der Waals surface area contributed by atoms with Gasteiger partial charge in [0.15, 0.2) is 0 Å². The van der Waals surface area contributed by atoms with E-state index in [1.165, 1.54) is 43.5 Å². The van der Waals surface area contributed by atoms with E-state index in [0.717, 1.165) is 16.8 Å². The predicted molar refractivity (Wildman–Crippen MR) is 67.6 cm³/mol. The highest BCUT2D eigenvalue weighted by Crippen LogP contribution is 2.24. The lowest BCUT2D eigenvalue weighted by atomic mass is 9.89. The minimum atomic E-state index is 0.893. The molecule has 84 valence electrons. The van der Waals surface area contributed by atoms with E-state index < -0.39 is 0 Å². The van der Waals surface area contributed by atoms with E-state index in [9.17, 15) is 0 Å². The fourth-order valence-electron chi connectivity index (χ4n) is 2.24. The van der Waals surface area contributed by atoms with Gasteiger partial charge < -0.3 is 5.32 Å². The lowest BCUT2D eigenvalue weighted by Gasteiger charge is -2.21. The maximum absolute atomic E-state index is 5.88. The largest absolute Gasteiger partial charge is 0.312 e. The van der Waals surface area contributed by atoms with E-state index >= 15 is 0 Å². The Kier molecular flexibility index (Phi) is 4.48. The molecule has 2 rings (SSSR count). The van der Waals surface area contributed by atoms with Gasteiger partial charge in [0, 0.05) is 11.4 Å². The normalized spacial score (nSPS) is 18.2. The highest BCUT2D eigenvalue weighted by Gasteiger charge is 2.12. The Bertz CT molecular complexity index is 292. The van der Waals surface area contributed by atoms with Crippen LogP contribution in [0.2, 0.25) is 4.34 Å². The van der Waals surface area contributed by atoms with Crippen LogP contribution < -0.4 is 5.32 Å². The number of halogens is 1. The Hall–Kier alpha value is -0.0500. The molecule has 0 saturated heterocycles. The van der Waals surface area contributed by atoms with E-state index in [4.69, 9.17) is 11.6 Å². The molecule has 0 radical (unpaired) electrons. The van der Waals surface area contributed by atoms with Gasteiger partial charge in [0.2, 0.25) is 0 Å². The smallest absolute Gasteiger partial charge is 0.0931 e. The topological polar surface area (TPSA) is 12.0 Å². The van der Waals surface area contributed by atoms with Crippen LogP contribution in [0.25, 0.3) is 0 Å². The van der Waals surface area contributed by atoms with Gasteiger partial charge in [0.1, 0.15) is 0 Å². The Morgan fingerprint density at radius 3 is 2.73 bits per heavy atom. The van der Waals surface area contributed by atoms with Crippen molar-refractivity contribution in [2.45, 2.75) is 38.6 Å². The van der Waals surface area contributed by atoms with Crippen LogP contribution >= 0.6 is 22.9 Å². The van der Waals surface area contributed by atoms with Crippen molar-refractivity contribution in [3.63, 3.8) is 0 Å². The molecule has 0 bridgehead atoms. The van der Waals surface area contributed by atoms with Crippen LogP contribution in [0.15, 0.2) is 12.1 Å². The van der Waals surface area contributed by atoms with Gasteiger partial charge in [-0.2, -0.15) is 0 Å². The van der Waals surface area contributed by atoms with Crippen molar-refractivity contribution < 1.29 is 0 Å². The Balaban J connectivity index is 1.65. The number of hydrogen-bond donors (Lipinski definition) is 1. The molecule has 0 atom stereocenters. The van der Waals surface area contributed by atoms with Crippen molar-refractivity contribution in [1.82, 2.24) is 5.32 Å². The van der Waals surface area contributed by atoms with Crippen LogP contribution in [0, 0.1) is 5.92 Å². The van der Waals surface area contributed by atoms with Gasteiger partial charge in [0.05, 0.1) is 4.34 Å². The van der Waals surface area contributed by atoms with E-state index in [2.05, 4.69) is 11.4 Å². The lowest BCUT2D eigenvalue weighted by Crippen LogP contribution is -2.23. The molecule has 1 N–H and O–H groups in total. The molecule has 1 nitrogen and oxygen atoms in total. The maximum atomic E-state index is 5.88. The summed E-state index contributed by atoms with van der Waals surface area (Å²) in [5, 5.41) is 3.54. The molecule has 1 fully saturated rings. The zero-order chi connectivity index (χ0) is 10.5. The second-order valence-corrected chi connectivity index (χ2v) is 6.14. The van der Waals surface area contributed by atoms with E-state index in [0.29, 0.717) is 0 Å². The van der Waals surface area contributed by atoms with Crippen molar-refractivity contribution in [1.29, 1.82) is 0 Å². The second kappa shape index (κ2) is 5.88.